The third-order valence-electron chi connectivity index (χ3n) is 2.07. The largest absolute Gasteiger partial charge is 0.310 e. The number of aromatic nitrogens is 2. The molecule has 2 N–H and O–H groups in total. The van der Waals surface area contributed by atoms with Crippen molar-refractivity contribution in [1.82, 2.24) is 19.8 Å². The summed E-state index contributed by atoms with van der Waals surface area (Å²) in [6, 6.07) is 2.00. The zero-order valence-corrected chi connectivity index (χ0v) is 10.6. The third kappa shape index (κ3) is 4.73. The lowest BCUT2D eigenvalue weighted by molar-refractivity contribution is 0.577. The molecule has 0 amide bonds. The van der Waals surface area contributed by atoms with Crippen LogP contribution < -0.4 is 10.0 Å². The minimum Gasteiger partial charge on any atom is -0.310 e. The number of hydrogen-bond acceptors (Lipinski definition) is 4. The molecule has 0 bridgehead atoms. The van der Waals surface area contributed by atoms with E-state index in [1.807, 2.05) is 24.7 Å². The van der Waals surface area contributed by atoms with Gasteiger partial charge in [-0.25, -0.2) is 13.1 Å². The van der Waals surface area contributed by atoms with Crippen LogP contribution in [0.15, 0.2) is 6.07 Å². The lowest BCUT2D eigenvalue weighted by Gasteiger charge is -2.05. The van der Waals surface area contributed by atoms with Crippen LogP contribution in [-0.4, -0.2) is 37.5 Å². The molecule has 92 valence electrons. The second kappa shape index (κ2) is 5.42. The highest BCUT2D eigenvalue weighted by atomic mass is 32.2. The molecule has 1 aromatic rings. The van der Waals surface area contributed by atoms with E-state index in [4.69, 9.17) is 0 Å². The molecular weight excluding hydrogens is 228 g/mol. The van der Waals surface area contributed by atoms with Crippen LogP contribution in [0, 0.1) is 6.92 Å². The van der Waals surface area contributed by atoms with Gasteiger partial charge in [0.25, 0.3) is 0 Å². The van der Waals surface area contributed by atoms with Gasteiger partial charge in [0.15, 0.2) is 0 Å². The van der Waals surface area contributed by atoms with Crippen molar-refractivity contribution in [3.8, 4) is 0 Å². The first-order valence-corrected chi connectivity index (χ1v) is 6.92. The van der Waals surface area contributed by atoms with Crippen molar-refractivity contribution in [1.29, 1.82) is 0 Å². The van der Waals surface area contributed by atoms with Gasteiger partial charge < -0.3 is 5.32 Å². The highest BCUT2D eigenvalue weighted by Gasteiger charge is 2.01. The zero-order chi connectivity index (χ0) is 12.2. The van der Waals surface area contributed by atoms with Gasteiger partial charge in [-0.15, -0.1) is 0 Å². The molecule has 1 heterocycles. The molecule has 0 unspecified atom stereocenters. The summed E-state index contributed by atoms with van der Waals surface area (Å²) in [7, 11) is -1.19. The predicted octanol–water partition coefficient (Wildman–Crippen LogP) is -0.633. The maximum Gasteiger partial charge on any atom is 0.208 e. The van der Waals surface area contributed by atoms with Crippen molar-refractivity contribution in [2.24, 2.45) is 7.05 Å². The Morgan fingerprint density at radius 3 is 2.62 bits per heavy atom. The van der Waals surface area contributed by atoms with Gasteiger partial charge in [-0.2, -0.15) is 5.10 Å². The number of nitrogens with one attached hydrogen (secondary N) is 2. The van der Waals surface area contributed by atoms with Crippen molar-refractivity contribution >= 4 is 10.0 Å². The van der Waals surface area contributed by atoms with Gasteiger partial charge >= 0.3 is 0 Å². The maximum atomic E-state index is 10.8. The standard InChI is InChI=1S/C9H18N4O2S/c1-8-6-9(13(2)12-8)7-10-4-5-11-16(3,14)15/h6,10-11H,4-5,7H2,1-3H3. The first-order chi connectivity index (χ1) is 7.38. The molecule has 0 spiro atoms. The molecule has 6 nitrogen and oxygen atoms in total. The van der Waals surface area contributed by atoms with E-state index in [2.05, 4.69) is 15.1 Å². The highest BCUT2D eigenvalue weighted by molar-refractivity contribution is 7.88. The Hall–Kier alpha value is -0.920. The summed E-state index contributed by atoms with van der Waals surface area (Å²) in [6.07, 6.45) is 1.15. The smallest absolute Gasteiger partial charge is 0.208 e. The molecule has 0 saturated carbocycles. The zero-order valence-electron chi connectivity index (χ0n) is 9.82. The minimum atomic E-state index is -3.08. The van der Waals surface area contributed by atoms with E-state index in [0.717, 1.165) is 17.6 Å². The second-order valence-corrected chi connectivity index (χ2v) is 5.58. The lowest BCUT2D eigenvalue weighted by Crippen LogP contribution is -2.31. The molecule has 16 heavy (non-hydrogen) atoms. The molecular formula is C9H18N4O2S. The van der Waals surface area contributed by atoms with E-state index in [1.165, 1.54) is 0 Å². The molecule has 7 heteroatoms. The Morgan fingerprint density at radius 1 is 1.44 bits per heavy atom. The molecule has 1 rings (SSSR count). The summed E-state index contributed by atoms with van der Waals surface area (Å²) >= 11 is 0. The van der Waals surface area contributed by atoms with Gasteiger partial charge in [-0.05, 0) is 13.0 Å². The van der Waals surface area contributed by atoms with Crippen LogP contribution in [0.25, 0.3) is 0 Å². The first kappa shape index (κ1) is 13.1. The summed E-state index contributed by atoms with van der Waals surface area (Å²) in [5.74, 6) is 0. The van der Waals surface area contributed by atoms with Crippen LogP contribution in [0.1, 0.15) is 11.4 Å². The Balaban J connectivity index is 2.24. The molecule has 0 aliphatic rings. The molecule has 0 radical (unpaired) electrons. The van der Waals surface area contributed by atoms with Crippen LogP contribution in [-0.2, 0) is 23.6 Å². The summed E-state index contributed by atoms with van der Waals surface area (Å²) in [4.78, 5) is 0. The monoisotopic (exact) mass is 246 g/mol. The quantitative estimate of drug-likeness (QED) is 0.655. The fourth-order valence-corrected chi connectivity index (χ4v) is 1.84. The highest BCUT2D eigenvalue weighted by Crippen LogP contribution is 2.00. The van der Waals surface area contributed by atoms with E-state index >= 15 is 0 Å². The Morgan fingerprint density at radius 2 is 2.12 bits per heavy atom. The number of rotatable bonds is 6. The Kier molecular flexibility index (Phi) is 4.45. The summed E-state index contributed by atoms with van der Waals surface area (Å²) < 4.78 is 25.8. The van der Waals surface area contributed by atoms with Crippen LogP contribution in [0.5, 0.6) is 0 Å². The van der Waals surface area contributed by atoms with E-state index in [9.17, 15) is 8.42 Å². The average Bonchev–Trinajstić information content (AvgIpc) is 2.42. The number of aryl methyl sites for hydroxylation is 2. The fourth-order valence-electron chi connectivity index (χ4n) is 1.37. The molecule has 1 aromatic heterocycles. The van der Waals surface area contributed by atoms with Crippen molar-refractivity contribution < 1.29 is 8.42 Å². The first-order valence-electron chi connectivity index (χ1n) is 5.03. The topological polar surface area (TPSA) is 76.0 Å². The van der Waals surface area contributed by atoms with Crippen molar-refractivity contribution in [2.45, 2.75) is 13.5 Å². The van der Waals surface area contributed by atoms with Crippen molar-refractivity contribution in [3.63, 3.8) is 0 Å². The second-order valence-electron chi connectivity index (χ2n) is 3.74. The van der Waals surface area contributed by atoms with Crippen LogP contribution in [0.4, 0.5) is 0 Å². The van der Waals surface area contributed by atoms with Gasteiger partial charge in [0.1, 0.15) is 0 Å². The average molecular weight is 246 g/mol. The summed E-state index contributed by atoms with van der Waals surface area (Å²) in [5, 5.41) is 7.36. The van der Waals surface area contributed by atoms with E-state index in [1.54, 1.807) is 0 Å². The van der Waals surface area contributed by atoms with Crippen molar-refractivity contribution in [2.75, 3.05) is 19.3 Å². The van der Waals surface area contributed by atoms with Gasteiger partial charge in [0.05, 0.1) is 17.6 Å². The van der Waals surface area contributed by atoms with Crippen molar-refractivity contribution in [3.05, 3.63) is 17.5 Å². The fraction of sp³-hybridized carbons (Fsp3) is 0.667. The number of sulfonamides is 1. The van der Waals surface area contributed by atoms with Crippen LogP contribution >= 0.6 is 0 Å². The Labute approximate surface area is 96.1 Å². The third-order valence-corrected chi connectivity index (χ3v) is 2.80. The minimum absolute atomic E-state index is 0.398. The lowest BCUT2D eigenvalue weighted by atomic mass is 10.3. The summed E-state index contributed by atoms with van der Waals surface area (Å²) in [5.41, 5.74) is 2.06. The van der Waals surface area contributed by atoms with E-state index in [-0.39, 0.29) is 0 Å². The van der Waals surface area contributed by atoms with Gasteiger partial charge in [0, 0.05) is 26.7 Å². The molecule has 0 saturated heterocycles. The normalized spacial score (nSPS) is 11.9. The number of nitrogens with zero attached hydrogens (tertiary/aromatic N) is 2. The Bertz CT molecular complexity index is 438. The van der Waals surface area contributed by atoms with Gasteiger partial charge in [0.2, 0.25) is 10.0 Å². The van der Waals surface area contributed by atoms with E-state index < -0.39 is 10.0 Å². The summed E-state index contributed by atoms with van der Waals surface area (Å²) in [6.45, 7) is 3.62. The number of hydrogen-bond donors (Lipinski definition) is 2. The molecule has 0 aliphatic heterocycles. The van der Waals surface area contributed by atoms with E-state index in [0.29, 0.717) is 19.6 Å². The van der Waals surface area contributed by atoms with Gasteiger partial charge in [-0.1, -0.05) is 0 Å². The molecule has 0 fully saturated rings. The maximum absolute atomic E-state index is 10.8. The van der Waals surface area contributed by atoms with Crippen LogP contribution in [0.3, 0.4) is 0 Å². The van der Waals surface area contributed by atoms with Gasteiger partial charge in [-0.3, -0.25) is 4.68 Å². The van der Waals surface area contributed by atoms with Crippen LogP contribution in [0.2, 0.25) is 0 Å². The predicted molar refractivity (Wildman–Crippen MR) is 62.5 cm³/mol. The SMILES string of the molecule is Cc1cc(CNCCNS(C)(=O)=O)n(C)n1. The molecule has 0 aliphatic carbocycles. The molecule has 0 atom stereocenters. The molecule has 0 aromatic carbocycles.